The highest BCUT2D eigenvalue weighted by molar-refractivity contribution is 6.30. The lowest BCUT2D eigenvalue weighted by Gasteiger charge is -2.29. The fourth-order valence-corrected chi connectivity index (χ4v) is 4.15. The summed E-state index contributed by atoms with van der Waals surface area (Å²) in [6, 6.07) is 14.8. The lowest BCUT2D eigenvalue weighted by atomic mass is 9.77. The van der Waals surface area contributed by atoms with Gasteiger partial charge in [0.05, 0.1) is 5.56 Å². The molecule has 0 atom stereocenters. The first-order valence-corrected chi connectivity index (χ1v) is 10.6. The molecule has 1 aliphatic carbocycles. The Hall–Kier alpha value is -1.80. The molecular weight excluding hydrogens is 356 g/mol. The first-order valence-electron chi connectivity index (χ1n) is 10.2. The van der Waals surface area contributed by atoms with Crippen LogP contribution in [0.25, 0.3) is 0 Å². The Morgan fingerprint density at radius 1 is 0.963 bits per heavy atom. The predicted molar refractivity (Wildman–Crippen MR) is 112 cm³/mol. The minimum absolute atomic E-state index is 0.330. The largest absolute Gasteiger partial charge is 0.423 e. The third-order valence-electron chi connectivity index (χ3n) is 5.70. The number of benzene rings is 2. The van der Waals surface area contributed by atoms with Crippen molar-refractivity contribution in [2.45, 2.75) is 64.2 Å². The van der Waals surface area contributed by atoms with Gasteiger partial charge >= 0.3 is 5.97 Å². The molecule has 0 saturated heterocycles. The molecule has 0 radical (unpaired) electrons. The highest BCUT2D eigenvalue weighted by Crippen LogP contribution is 2.37. The predicted octanol–water partition coefficient (Wildman–Crippen LogP) is 7.41. The van der Waals surface area contributed by atoms with E-state index in [1.807, 2.05) is 12.1 Å². The number of carbonyl (C=O) groups excluding carboxylic acids is 1. The maximum atomic E-state index is 12.3. The van der Waals surface area contributed by atoms with Crippen LogP contribution in [0, 0.1) is 5.92 Å². The Morgan fingerprint density at radius 3 is 2.26 bits per heavy atom. The molecule has 0 spiro atoms. The first kappa shape index (κ1) is 19.9. The van der Waals surface area contributed by atoms with Gasteiger partial charge in [-0.25, -0.2) is 4.79 Å². The Labute approximate surface area is 167 Å². The zero-order valence-electron chi connectivity index (χ0n) is 16.1. The monoisotopic (exact) mass is 384 g/mol. The fourth-order valence-electron chi connectivity index (χ4n) is 4.03. The fraction of sp³-hybridized carbons (Fsp3) is 0.458. The molecule has 0 aliphatic heterocycles. The Kier molecular flexibility index (Phi) is 7.34. The topological polar surface area (TPSA) is 26.3 Å². The van der Waals surface area contributed by atoms with E-state index in [-0.39, 0.29) is 5.97 Å². The number of esters is 1. The molecule has 27 heavy (non-hydrogen) atoms. The molecule has 144 valence electrons. The van der Waals surface area contributed by atoms with Crippen LogP contribution in [0.4, 0.5) is 0 Å². The molecule has 1 fully saturated rings. The molecule has 1 saturated carbocycles. The summed E-state index contributed by atoms with van der Waals surface area (Å²) >= 11 is 5.86. The van der Waals surface area contributed by atoms with Crippen molar-refractivity contribution in [2.24, 2.45) is 5.92 Å². The van der Waals surface area contributed by atoms with Crippen molar-refractivity contribution in [3.63, 3.8) is 0 Å². The van der Waals surface area contributed by atoms with Crippen LogP contribution in [0.2, 0.25) is 5.02 Å². The van der Waals surface area contributed by atoms with Gasteiger partial charge in [0.2, 0.25) is 0 Å². The third kappa shape index (κ3) is 5.84. The summed E-state index contributed by atoms with van der Waals surface area (Å²) < 4.78 is 5.40. The van der Waals surface area contributed by atoms with Gasteiger partial charge in [0.1, 0.15) is 5.75 Å². The highest BCUT2D eigenvalue weighted by atomic mass is 35.5. The van der Waals surface area contributed by atoms with Crippen LogP contribution >= 0.6 is 11.6 Å². The molecular formula is C24H29ClO2. The minimum atomic E-state index is -0.330. The van der Waals surface area contributed by atoms with E-state index < -0.39 is 0 Å². The smallest absolute Gasteiger partial charge is 0.343 e. The van der Waals surface area contributed by atoms with E-state index in [1.54, 1.807) is 24.3 Å². The molecule has 0 amide bonds. The van der Waals surface area contributed by atoms with Gasteiger partial charge in [0.25, 0.3) is 0 Å². The second-order valence-corrected chi connectivity index (χ2v) is 8.12. The second kappa shape index (κ2) is 9.94. The summed E-state index contributed by atoms with van der Waals surface area (Å²) in [4.78, 5) is 12.3. The molecule has 0 unspecified atom stereocenters. The zero-order valence-corrected chi connectivity index (χ0v) is 16.9. The number of unbranched alkanes of at least 4 members (excludes halogenated alkanes) is 2. The number of ether oxygens (including phenoxy) is 1. The van der Waals surface area contributed by atoms with Gasteiger partial charge in [0, 0.05) is 5.02 Å². The number of hydrogen-bond acceptors (Lipinski definition) is 2. The lowest BCUT2D eigenvalue weighted by molar-refractivity contribution is 0.0734. The molecule has 0 heterocycles. The Bertz CT molecular complexity index is 713. The third-order valence-corrected chi connectivity index (χ3v) is 5.96. The molecule has 2 aromatic carbocycles. The van der Waals surface area contributed by atoms with Gasteiger partial charge in [-0.05, 0) is 79.5 Å². The highest BCUT2D eigenvalue weighted by Gasteiger charge is 2.22. The molecule has 0 bridgehead atoms. The van der Waals surface area contributed by atoms with Gasteiger partial charge < -0.3 is 4.74 Å². The van der Waals surface area contributed by atoms with Gasteiger partial charge in [-0.15, -0.1) is 0 Å². The lowest BCUT2D eigenvalue weighted by Crippen LogP contribution is -2.14. The minimum Gasteiger partial charge on any atom is -0.423 e. The van der Waals surface area contributed by atoms with Crippen LogP contribution in [0.1, 0.15) is 80.1 Å². The SMILES string of the molecule is CCCCCC1CCC(c2ccc(C(=O)Oc3ccc(Cl)cc3)cc2)CC1. The zero-order chi connectivity index (χ0) is 19.1. The molecule has 0 aromatic heterocycles. The maximum absolute atomic E-state index is 12.3. The van der Waals surface area contributed by atoms with Crippen LogP contribution in [-0.2, 0) is 0 Å². The quantitative estimate of drug-likeness (QED) is 0.282. The van der Waals surface area contributed by atoms with Gasteiger partial charge in [-0.1, -0.05) is 56.3 Å². The number of rotatable bonds is 7. The second-order valence-electron chi connectivity index (χ2n) is 7.68. The van der Waals surface area contributed by atoms with E-state index in [2.05, 4.69) is 19.1 Å². The first-order chi connectivity index (χ1) is 13.2. The van der Waals surface area contributed by atoms with Crippen molar-refractivity contribution < 1.29 is 9.53 Å². The van der Waals surface area contributed by atoms with Crippen molar-refractivity contribution in [2.75, 3.05) is 0 Å². The van der Waals surface area contributed by atoms with E-state index in [4.69, 9.17) is 16.3 Å². The molecule has 1 aliphatic rings. The van der Waals surface area contributed by atoms with E-state index in [0.29, 0.717) is 22.3 Å². The van der Waals surface area contributed by atoms with Crippen molar-refractivity contribution in [3.05, 3.63) is 64.7 Å². The van der Waals surface area contributed by atoms with Crippen molar-refractivity contribution in [3.8, 4) is 5.75 Å². The maximum Gasteiger partial charge on any atom is 0.343 e. The van der Waals surface area contributed by atoms with Crippen LogP contribution < -0.4 is 4.74 Å². The van der Waals surface area contributed by atoms with Gasteiger partial charge in [-0.2, -0.15) is 0 Å². The van der Waals surface area contributed by atoms with E-state index in [1.165, 1.54) is 56.9 Å². The van der Waals surface area contributed by atoms with Gasteiger partial charge in [0.15, 0.2) is 0 Å². The Morgan fingerprint density at radius 2 is 1.63 bits per heavy atom. The average Bonchev–Trinajstić information content (AvgIpc) is 2.70. The summed E-state index contributed by atoms with van der Waals surface area (Å²) in [5, 5.41) is 0.624. The van der Waals surface area contributed by atoms with E-state index in [0.717, 1.165) is 5.92 Å². The van der Waals surface area contributed by atoms with E-state index in [9.17, 15) is 4.79 Å². The Balaban J connectivity index is 1.51. The molecule has 0 N–H and O–H groups in total. The summed E-state index contributed by atoms with van der Waals surface area (Å²) in [6.45, 7) is 2.27. The molecule has 3 rings (SSSR count). The average molecular weight is 385 g/mol. The van der Waals surface area contributed by atoms with E-state index >= 15 is 0 Å². The number of halogens is 1. The van der Waals surface area contributed by atoms with Crippen LogP contribution in [0.3, 0.4) is 0 Å². The summed E-state index contributed by atoms with van der Waals surface area (Å²) in [5.41, 5.74) is 1.94. The van der Waals surface area contributed by atoms with Crippen molar-refractivity contribution >= 4 is 17.6 Å². The van der Waals surface area contributed by atoms with Gasteiger partial charge in [-0.3, -0.25) is 0 Å². The molecule has 2 aromatic rings. The van der Waals surface area contributed by atoms with Crippen molar-refractivity contribution in [1.82, 2.24) is 0 Å². The summed E-state index contributed by atoms with van der Waals surface area (Å²) in [5.74, 6) is 1.73. The van der Waals surface area contributed by atoms with Crippen LogP contribution in [0.15, 0.2) is 48.5 Å². The number of carbonyl (C=O) groups is 1. The summed E-state index contributed by atoms with van der Waals surface area (Å²) in [6.07, 6.45) is 10.7. The van der Waals surface area contributed by atoms with Crippen LogP contribution in [0.5, 0.6) is 5.75 Å². The van der Waals surface area contributed by atoms with Crippen LogP contribution in [-0.4, -0.2) is 5.97 Å². The van der Waals surface area contributed by atoms with Crippen molar-refractivity contribution in [1.29, 1.82) is 0 Å². The molecule has 2 nitrogen and oxygen atoms in total. The normalized spacial score (nSPS) is 19.6. The standard InChI is InChI=1S/C24H29ClO2/c1-2-3-4-5-18-6-8-19(9-7-18)20-10-12-21(13-11-20)24(26)27-23-16-14-22(25)15-17-23/h10-19H,2-9H2,1H3. The number of hydrogen-bond donors (Lipinski definition) is 0. The molecule has 3 heteroatoms. The summed E-state index contributed by atoms with van der Waals surface area (Å²) in [7, 11) is 0.